The highest BCUT2D eigenvalue weighted by Crippen LogP contribution is 2.30. The average molecular weight is 299 g/mol. The zero-order valence-electron chi connectivity index (χ0n) is 13.7. The second-order valence-corrected chi connectivity index (χ2v) is 6.44. The van der Waals surface area contributed by atoms with Crippen molar-refractivity contribution in [1.82, 2.24) is 9.88 Å². The van der Waals surface area contributed by atoms with Gasteiger partial charge in [-0.3, -0.25) is 0 Å². The Kier molecular flexibility index (Phi) is 4.48. The van der Waals surface area contributed by atoms with Crippen molar-refractivity contribution in [2.45, 2.75) is 38.8 Å². The number of nitrogens with zero attached hydrogens (tertiary/aromatic N) is 2. The summed E-state index contributed by atoms with van der Waals surface area (Å²) in [5.41, 5.74) is 1.14. The first-order chi connectivity index (χ1) is 10.6. The Morgan fingerprint density at radius 1 is 1.18 bits per heavy atom. The van der Waals surface area contributed by atoms with Crippen LogP contribution in [-0.4, -0.2) is 42.2 Å². The molecule has 3 rings (SSSR count). The normalized spacial score (nSPS) is 17.1. The van der Waals surface area contributed by atoms with Crippen molar-refractivity contribution in [3.8, 4) is 5.88 Å². The molecule has 0 bridgehead atoms. The minimum atomic E-state index is 0.274. The van der Waals surface area contributed by atoms with Crippen LogP contribution in [0.15, 0.2) is 30.5 Å². The molecule has 0 atom stereocenters. The molecule has 0 spiro atoms. The molecule has 1 aromatic heterocycles. The number of benzene rings is 1. The molecule has 1 aliphatic rings. The highest BCUT2D eigenvalue weighted by atomic mass is 16.5. The van der Waals surface area contributed by atoms with Crippen molar-refractivity contribution in [2.75, 3.05) is 25.5 Å². The van der Waals surface area contributed by atoms with E-state index >= 15 is 0 Å². The van der Waals surface area contributed by atoms with E-state index in [9.17, 15) is 0 Å². The summed E-state index contributed by atoms with van der Waals surface area (Å²) < 4.78 is 6.21. The second kappa shape index (κ2) is 6.53. The highest BCUT2D eigenvalue weighted by molar-refractivity contribution is 5.96. The highest BCUT2D eigenvalue weighted by Gasteiger charge is 2.19. The Hall–Kier alpha value is -1.81. The van der Waals surface area contributed by atoms with E-state index in [0.29, 0.717) is 6.04 Å². The number of anilines is 1. The monoisotopic (exact) mass is 299 g/mol. The first kappa shape index (κ1) is 15.1. The molecule has 0 unspecified atom stereocenters. The lowest BCUT2D eigenvalue weighted by molar-refractivity contribution is 0.111. The van der Waals surface area contributed by atoms with Crippen molar-refractivity contribution in [3.05, 3.63) is 30.5 Å². The molecule has 0 amide bonds. The number of piperidine rings is 1. The number of nitrogens with one attached hydrogen (secondary N) is 1. The van der Waals surface area contributed by atoms with Gasteiger partial charge >= 0.3 is 0 Å². The Morgan fingerprint density at radius 3 is 2.68 bits per heavy atom. The van der Waals surface area contributed by atoms with Crippen LogP contribution in [0.25, 0.3) is 10.8 Å². The third-order valence-corrected chi connectivity index (χ3v) is 4.16. The van der Waals surface area contributed by atoms with Gasteiger partial charge in [-0.15, -0.1) is 0 Å². The van der Waals surface area contributed by atoms with Crippen LogP contribution in [-0.2, 0) is 0 Å². The summed E-state index contributed by atoms with van der Waals surface area (Å²) >= 11 is 0. The van der Waals surface area contributed by atoms with E-state index in [2.05, 4.69) is 60.4 Å². The molecular formula is C18H25N3O. The van der Waals surface area contributed by atoms with Crippen LogP contribution >= 0.6 is 0 Å². The van der Waals surface area contributed by atoms with Gasteiger partial charge < -0.3 is 15.0 Å². The van der Waals surface area contributed by atoms with Crippen LogP contribution in [0.2, 0.25) is 0 Å². The van der Waals surface area contributed by atoms with Crippen molar-refractivity contribution >= 4 is 16.5 Å². The molecule has 4 heteroatoms. The van der Waals surface area contributed by atoms with Gasteiger partial charge in [-0.2, -0.15) is 0 Å². The molecular weight excluding hydrogens is 274 g/mol. The molecule has 118 valence electrons. The van der Waals surface area contributed by atoms with Gasteiger partial charge in [-0.05, 0) is 51.9 Å². The van der Waals surface area contributed by atoms with Crippen LogP contribution in [0.1, 0.15) is 26.7 Å². The van der Waals surface area contributed by atoms with E-state index in [1.54, 1.807) is 0 Å². The van der Waals surface area contributed by atoms with Crippen LogP contribution < -0.4 is 10.1 Å². The summed E-state index contributed by atoms with van der Waals surface area (Å²) in [4.78, 5) is 6.82. The van der Waals surface area contributed by atoms with Gasteiger partial charge in [0.05, 0.1) is 0 Å². The number of hydrogen-bond donors (Lipinski definition) is 1. The minimum absolute atomic E-state index is 0.274. The molecule has 0 radical (unpaired) electrons. The first-order valence-electron chi connectivity index (χ1n) is 8.13. The number of ether oxygens (including phenoxy) is 1. The van der Waals surface area contributed by atoms with E-state index in [-0.39, 0.29) is 6.10 Å². The van der Waals surface area contributed by atoms with Crippen molar-refractivity contribution in [1.29, 1.82) is 0 Å². The lowest BCUT2D eigenvalue weighted by atomic mass is 10.1. The molecule has 1 aliphatic heterocycles. The Morgan fingerprint density at radius 2 is 1.95 bits per heavy atom. The second-order valence-electron chi connectivity index (χ2n) is 6.44. The largest absolute Gasteiger partial charge is 0.474 e. The molecule has 1 fully saturated rings. The molecule has 1 aromatic carbocycles. The smallest absolute Gasteiger partial charge is 0.221 e. The quantitative estimate of drug-likeness (QED) is 0.937. The first-order valence-corrected chi connectivity index (χ1v) is 8.13. The summed E-state index contributed by atoms with van der Waals surface area (Å²) in [6.07, 6.45) is 4.26. The fourth-order valence-electron chi connectivity index (χ4n) is 2.97. The van der Waals surface area contributed by atoms with Gasteiger partial charge in [0.15, 0.2) is 0 Å². The van der Waals surface area contributed by atoms with Crippen molar-refractivity contribution in [3.63, 3.8) is 0 Å². The molecule has 22 heavy (non-hydrogen) atoms. The average Bonchev–Trinajstić information content (AvgIpc) is 2.50. The number of hydrogen-bond acceptors (Lipinski definition) is 4. The summed E-state index contributed by atoms with van der Waals surface area (Å²) in [6, 6.07) is 8.73. The maximum atomic E-state index is 6.21. The third-order valence-electron chi connectivity index (χ3n) is 4.16. The summed E-state index contributed by atoms with van der Waals surface area (Å²) in [5, 5.41) is 5.76. The van der Waals surface area contributed by atoms with E-state index in [4.69, 9.17) is 4.74 Å². The predicted molar refractivity (Wildman–Crippen MR) is 91.6 cm³/mol. The lowest BCUT2D eigenvalue weighted by Crippen LogP contribution is -2.35. The molecule has 2 aromatic rings. The Balaban J connectivity index is 1.87. The van der Waals surface area contributed by atoms with Crippen molar-refractivity contribution < 1.29 is 4.74 Å². The van der Waals surface area contributed by atoms with E-state index in [1.807, 2.05) is 6.20 Å². The van der Waals surface area contributed by atoms with Gasteiger partial charge in [0.2, 0.25) is 5.88 Å². The Bertz CT molecular complexity index is 633. The van der Waals surface area contributed by atoms with E-state index in [1.165, 1.54) is 5.39 Å². The fourth-order valence-corrected chi connectivity index (χ4v) is 2.97. The van der Waals surface area contributed by atoms with Crippen LogP contribution in [0.4, 0.5) is 5.69 Å². The molecule has 1 saturated heterocycles. The van der Waals surface area contributed by atoms with Gasteiger partial charge in [0, 0.05) is 41.8 Å². The van der Waals surface area contributed by atoms with Crippen LogP contribution in [0.5, 0.6) is 5.88 Å². The maximum Gasteiger partial charge on any atom is 0.221 e. The maximum absolute atomic E-state index is 6.21. The molecule has 0 aliphatic carbocycles. The molecule has 4 nitrogen and oxygen atoms in total. The van der Waals surface area contributed by atoms with E-state index in [0.717, 1.165) is 42.9 Å². The zero-order valence-corrected chi connectivity index (χ0v) is 13.7. The number of fused-ring (bicyclic) bond motifs is 1. The minimum Gasteiger partial charge on any atom is -0.474 e. The molecule has 0 saturated carbocycles. The lowest BCUT2D eigenvalue weighted by Gasteiger charge is -2.29. The molecule has 2 heterocycles. The summed E-state index contributed by atoms with van der Waals surface area (Å²) in [5.74, 6) is 0.763. The zero-order chi connectivity index (χ0) is 15.5. The van der Waals surface area contributed by atoms with Crippen LogP contribution in [0, 0.1) is 0 Å². The number of likely N-dealkylation sites (tertiary alicyclic amines) is 1. The van der Waals surface area contributed by atoms with Crippen LogP contribution in [0.3, 0.4) is 0 Å². The number of aromatic nitrogens is 1. The van der Waals surface area contributed by atoms with Gasteiger partial charge in [-0.1, -0.05) is 6.07 Å². The summed E-state index contributed by atoms with van der Waals surface area (Å²) in [7, 11) is 2.16. The third kappa shape index (κ3) is 3.33. The summed E-state index contributed by atoms with van der Waals surface area (Å²) in [6.45, 7) is 6.48. The number of rotatable bonds is 4. The standard InChI is InChI=1S/C18H25N3O/c1-13(2)20-17-6-4-5-16-15(17)7-10-19-18(16)22-14-8-11-21(3)12-9-14/h4-7,10,13-14,20H,8-9,11-12H2,1-3H3. The van der Waals surface area contributed by atoms with Gasteiger partial charge in [0.25, 0.3) is 0 Å². The SMILES string of the molecule is CC(C)Nc1cccc2c(OC3CCN(C)CC3)nccc12. The van der Waals surface area contributed by atoms with E-state index < -0.39 is 0 Å². The Labute approximate surface area is 132 Å². The van der Waals surface area contributed by atoms with Gasteiger partial charge in [-0.25, -0.2) is 4.98 Å². The molecule has 1 N–H and O–H groups in total. The van der Waals surface area contributed by atoms with Gasteiger partial charge in [0.1, 0.15) is 6.10 Å². The topological polar surface area (TPSA) is 37.4 Å². The fraction of sp³-hybridized carbons (Fsp3) is 0.500. The van der Waals surface area contributed by atoms with Crippen molar-refractivity contribution in [2.24, 2.45) is 0 Å². The predicted octanol–water partition coefficient (Wildman–Crippen LogP) is 3.53. The number of pyridine rings is 1.